The fourth-order valence-electron chi connectivity index (χ4n) is 1.45. The number of hydrogen-bond donors (Lipinski definition) is 2. The molecular weight excluding hydrogens is 302 g/mol. The third-order valence-electron chi connectivity index (χ3n) is 2.68. The number of nitrogens with one attached hydrogen (secondary N) is 1. The van der Waals surface area contributed by atoms with Gasteiger partial charge in [0.25, 0.3) is 0 Å². The van der Waals surface area contributed by atoms with Gasteiger partial charge in [-0.2, -0.15) is 0 Å². The molecule has 17 heavy (non-hydrogen) atoms. The molecule has 0 aromatic carbocycles. The second kappa shape index (κ2) is 5.98. The van der Waals surface area contributed by atoms with Gasteiger partial charge in [0, 0.05) is 23.4 Å². The molecule has 0 radical (unpaired) electrons. The minimum absolute atomic E-state index is 0.0227. The first kappa shape index (κ1) is 14.7. The van der Waals surface area contributed by atoms with Crippen molar-refractivity contribution in [1.82, 2.24) is 5.32 Å². The molecular formula is C12H18BrNO2S. The van der Waals surface area contributed by atoms with Crippen molar-refractivity contribution in [2.45, 2.75) is 26.2 Å². The number of thiophene rings is 1. The maximum absolute atomic E-state index is 10.7. The molecule has 1 unspecified atom stereocenters. The average molecular weight is 320 g/mol. The zero-order valence-electron chi connectivity index (χ0n) is 10.3. The molecule has 0 aliphatic rings. The van der Waals surface area contributed by atoms with Crippen molar-refractivity contribution in [3.63, 3.8) is 0 Å². The van der Waals surface area contributed by atoms with Crippen molar-refractivity contribution in [2.75, 3.05) is 13.1 Å². The van der Waals surface area contributed by atoms with Crippen molar-refractivity contribution in [3.05, 3.63) is 20.8 Å². The summed E-state index contributed by atoms with van der Waals surface area (Å²) in [6.45, 7) is 7.31. The molecule has 0 aliphatic heterocycles. The molecule has 2 N–H and O–H groups in total. The summed E-state index contributed by atoms with van der Waals surface area (Å²) >= 11 is 5.18. The predicted molar refractivity (Wildman–Crippen MR) is 74.7 cm³/mol. The maximum Gasteiger partial charge on any atom is 0.307 e. The molecule has 1 rings (SSSR count). The van der Waals surface area contributed by atoms with Gasteiger partial charge in [0.15, 0.2) is 0 Å². The van der Waals surface area contributed by atoms with Crippen molar-refractivity contribution in [2.24, 2.45) is 5.92 Å². The molecule has 0 fully saturated rings. The molecule has 1 atom stereocenters. The average Bonchev–Trinajstić information content (AvgIpc) is 2.65. The third-order valence-corrected chi connectivity index (χ3v) is 4.67. The SMILES string of the molecule is CC(CNCC(C)(C)c1ccc(Br)s1)C(=O)O. The van der Waals surface area contributed by atoms with Gasteiger partial charge in [-0.3, -0.25) is 4.79 Å². The Kier molecular flexibility index (Phi) is 5.16. The Hall–Kier alpha value is -0.390. The molecule has 0 bridgehead atoms. The minimum Gasteiger partial charge on any atom is -0.481 e. The lowest BCUT2D eigenvalue weighted by Gasteiger charge is -2.24. The quantitative estimate of drug-likeness (QED) is 0.847. The molecule has 1 aromatic heterocycles. The Morgan fingerprint density at radius 1 is 1.59 bits per heavy atom. The number of aliphatic carboxylic acids is 1. The van der Waals surface area contributed by atoms with Crippen LogP contribution in [0.1, 0.15) is 25.6 Å². The highest BCUT2D eigenvalue weighted by Gasteiger charge is 2.22. The number of carboxylic acids is 1. The molecule has 3 nitrogen and oxygen atoms in total. The third kappa shape index (κ3) is 4.41. The molecule has 1 heterocycles. The van der Waals surface area contributed by atoms with Crippen LogP contribution in [0.15, 0.2) is 15.9 Å². The van der Waals surface area contributed by atoms with Crippen molar-refractivity contribution < 1.29 is 9.90 Å². The lowest BCUT2D eigenvalue weighted by molar-refractivity contribution is -0.140. The van der Waals surface area contributed by atoms with E-state index in [1.54, 1.807) is 18.3 Å². The van der Waals surface area contributed by atoms with E-state index in [0.717, 1.165) is 10.3 Å². The number of carboxylic acid groups (broad SMARTS) is 1. The molecule has 5 heteroatoms. The van der Waals surface area contributed by atoms with E-state index in [9.17, 15) is 4.79 Å². The molecule has 96 valence electrons. The van der Waals surface area contributed by atoms with Gasteiger partial charge in [-0.15, -0.1) is 11.3 Å². The number of carbonyl (C=O) groups is 1. The molecule has 1 aromatic rings. The Labute approximate surface area is 114 Å². The van der Waals surface area contributed by atoms with Gasteiger partial charge in [0.2, 0.25) is 0 Å². The molecule has 0 spiro atoms. The number of rotatable bonds is 6. The van der Waals surface area contributed by atoms with Crippen molar-refractivity contribution in [3.8, 4) is 0 Å². The summed E-state index contributed by atoms with van der Waals surface area (Å²) in [5, 5.41) is 12.0. The van der Waals surface area contributed by atoms with E-state index in [0.29, 0.717) is 6.54 Å². The van der Waals surface area contributed by atoms with Crippen LogP contribution >= 0.6 is 27.3 Å². The van der Waals surface area contributed by atoms with E-state index < -0.39 is 5.97 Å². The first-order chi connectivity index (χ1) is 7.83. The normalized spacial score (nSPS) is 13.6. The summed E-state index contributed by atoms with van der Waals surface area (Å²) in [7, 11) is 0. The summed E-state index contributed by atoms with van der Waals surface area (Å²) < 4.78 is 1.12. The van der Waals surface area contributed by atoms with E-state index in [1.807, 2.05) is 6.07 Å². The van der Waals surface area contributed by atoms with Crippen LogP contribution in [0.25, 0.3) is 0 Å². The zero-order chi connectivity index (χ0) is 13.1. The Balaban J connectivity index is 2.48. The number of halogens is 1. The molecule has 0 amide bonds. The van der Waals surface area contributed by atoms with Gasteiger partial charge < -0.3 is 10.4 Å². The second-order valence-corrected chi connectivity index (χ2v) is 7.32. The lowest BCUT2D eigenvalue weighted by Crippen LogP contribution is -2.36. The standard InChI is InChI=1S/C12H18BrNO2S/c1-8(11(15)16)6-14-7-12(2,3)9-4-5-10(13)17-9/h4-5,8,14H,6-7H2,1-3H3,(H,15,16). The molecule has 0 saturated heterocycles. The van der Waals surface area contributed by atoms with Crippen LogP contribution in [0.3, 0.4) is 0 Å². The highest BCUT2D eigenvalue weighted by atomic mass is 79.9. The first-order valence-corrected chi connectivity index (χ1v) is 7.13. The van der Waals surface area contributed by atoms with Gasteiger partial charge >= 0.3 is 5.97 Å². The highest BCUT2D eigenvalue weighted by Crippen LogP contribution is 2.32. The highest BCUT2D eigenvalue weighted by molar-refractivity contribution is 9.11. The summed E-state index contributed by atoms with van der Waals surface area (Å²) in [4.78, 5) is 12.0. The lowest BCUT2D eigenvalue weighted by atomic mass is 9.91. The number of hydrogen-bond acceptors (Lipinski definition) is 3. The smallest absolute Gasteiger partial charge is 0.307 e. The van der Waals surface area contributed by atoms with Gasteiger partial charge in [-0.1, -0.05) is 20.8 Å². The Bertz CT molecular complexity index is 390. The van der Waals surface area contributed by atoms with Crippen molar-refractivity contribution in [1.29, 1.82) is 0 Å². The Morgan fingerprint density at radius 3 is 2.71 bits per heavy atom. The van der Waals surface area contributed by atoms with Crippen LogP contribution in [-0.2, 0) is 10.2 Å². The van der Waals surface area contributed by atoms with Gasteiger partial charge in [0.05, 0.1) is 9.70 Å². The second-order valence-electron chi connectivity index (χ2n) is 4.86. The van der Waals surface area contributed by atoms with E-state index in [4.69, 9.17) is 5.11 Å². The van der Waals surface area contributed by atoms with Crippen molar-refractivity contribution >= 4 is 33.2 Å². The van der Waals surface area contributed by atoms with Crippen LogP contribution in [-0.4, -0.2) is 24.2 Å². The fourth-order valence-corrected chi connectivity index (χ4v) is 2.94. The zero-order valence-corrected chi connectivity index (χ0v) is 12.7. The topological polar surface area (TPSA) is 49.3 Å². The van der Waals surface area contributed by atoms with Gasteiger partial charge in [0.1, 0.15) is 0 Å². The monoisotopic (exact) mass is 319 g/mol. The van der Waals surface area contributed by atoms with Gasteiger partial charge in [-0.05, 0) is 28.1 Å². The minimum atomic E-state index is -0.755. The van der Waals surface area contributed by atoms with Crippen LogP contribution in [0, 0.1) is 5.92 Å². The predicted octanol–water partition coefficient (Wildman–Crippen LogP) is 3.10. The van der Waals surface area contributed by atoms with Gasteiger partial charge in [-0.25, -0.2) is 0 Å². The summed E-state index contributed by atoms with van der Waals surface area (Å²) in [5.74, 6) is -1.10. The Morgan fingerprint density at radius 2 is 2.24 bits per heavy atom. The van der Waals surface area contributed by atoms with Crippen LogP contribution in [0.2, 0.25) is 0 Å². The molecule has 0 aliphatic carbocycles. The van der Waals surface area contributed by atoms with Crippen LogP contribution < -0.4 is 5.32 Å². The largest absolute Gasteiger partial charge is 0.481 e. The van der Waals surface area contributed by atoms with E-state index in [-0.39, 0.29) is 11.3 Å². The summed E-state index contributed by atoms with van der Waals surface area (Å²) in [6, 6.07) is 4.15. The molecule has 0 saturated carbocycles. The fraction of sp³-hybridized carbons (Fsp3) is 0.583. The summed E-state index contributed by atoms with van der Waals surface area (Å²) in [6.07, 6.45) is 0. The van der Waals surface area contributed by atoms with E-state index in [2.05, 4.69) is 41.2 Å². The van der Waals surface area contributed by atoms with Crippen LogP contribution in [0.4, 0.5) is 0 Å². The van der Waals surface area contributed by atoms with E-state index >= 15 is 0 Å². The maximum atomic E-state index is 10.7. The first-order valence-electron chi connectivity index (χ1n) is 5.52. The van der Waals surface area contributed by atoms with Crippen LogP contribution in [0.5, 0.6) is 0 Å². The summed E-state index contributed by atoms with van der Waals surface area (Å²) in [5.41, 5.74) is 0.0227. The van der Waals surface area contributed by atoms with E-state index in [1.165, 1.54) is 4.88 Å².